The van der Waals surface area contributed by atoms with Gasteiger partial charge in [-0.15, -0.1) is 0 Å². The van der Waals surface area contributed by atoms with Crippen LogP contribution in [-0.4, -0.2) is 55.7 Å². The van der Waals surface area contributed by atoms with Gasteiger partial charge in [-0.1, -0.05) is 53.5 Å². The molecule has 232 valence electrons. The highest BCUT2D eigenvalue weighted by Crippen LogP contribution is 2.32. The number of hydrogen-bond donors (Lipinski definition) is 1. The van der Waals surface area contributed by atoms with Crippen LogP contribution in [0.4, 0.5) is 9.59 Å². The largest absolute Gasteiger partial charge is 0.514 e. The van der Waals surface area contributed by atoms with Crippen molar-refractivity contribution in [1.29, 1.82) is 0 Å². The van der Waals surface area contributed by atoms with Gasteiger partial charge in [0.05, 0.1) is 20.1 Å². The highest BCUT2D eigenvalue weighted by molar-refractivity contribution is 5.81. The topological polar surface area (TPSA) is 150 Å². The van der Waals surface area contributed by atoms with Crippen molar-refractivity contribution in [3.8, 4) is 11.5 Å². The molecule has 0 saturated heterocycles. The normalized spacial score (nSPS) is 14.2. The van der Waals surface area contributed by atoms with E-state index in [4.69, 9.17) is 34.2 Å². The van der Waals surface area contributed by atoms with Gasteiger partial charge in [-0.2, -0.15) is 0 Å². The molecule has 1 aromatic carbocycles. The first-order valence-corrected chi connectivity index (χ1v) is 14.0. The lowest BCUT2D eigenvalue weighted by molar-refractivity contribution is -0.152. The fourth-order valence-electron chi connectivity index (χ4n) is 3.97. The van der Waals surface area contributed by atoms with Crippen molar-refractivity contribution >= 4 is 24.2 Å². The molecule has 0 radical (unpaired) electrons. The second kappa shape index (κ2) is 16.8. The molecule has 0 saturated carbocycles. The molecule has 3 atom stereocenters. The lowest BCUT2D eigenvalue weighted by Gasteiger charge is -2.27. The van der Waals surface area contributed by atoms with E-state index in [2.05, 4.69) is 0 Å². The predicted molar refractivity (Wildman–Crippen MR) is 152 cm³/mol. The van der Waals surface area contributed by atoms with E-state index < -0.39 is 35.9 Å². The molecule has 1 aromatic rings. The Morgan fingerprint density at radius 2 is 1.41 bits per heavy atom. The van der Waals surface area contributed by atoms with Crippen LogP contribution in [0.2, 0.25) is 0 Å². The second-order valence-corrected chi connectivity index (χ2v) is 11.5. The van der Waals surface area contributed by atoms with Crippen molar-refractivity contribution in [2.45, 2.75) is 111 Å². The van der Waals surface area contributed by atoms with Crippen LogP contribution in [0.5, 0.6) is 11.5 Å². The van der Waals surface area contributed by atoms with Gasteiger partial charge < -0.3 is 34.2 Å². The number of benzene rings is 1. The summed E-state index contributed by atoms with van der Waals surface area (Å²) in [6.45, 7) is 13.0. The van der Waals surface area contributed by atoms with Crippen LogP contribution >= 0.6 is 0 Å². The van der Waals surface area contributed by atoms with E-state index in [9.17, 15) is 19.2 Å². The van der Waals surface area contributed by atoms with Crippen LogP contribution < -0.4 is 15.2 Å². The fourth-order valence-corrected chi connectivity index (χ4v) is 3.97. The third-order valence-corrected chi connectivity index (χ3v) is 5.98. The molecule has 2 N–H and O–H groups in total. The highest BCUT2D eigenvalue weighted by atomic mass is 16.7. The maximum atomic E-state index is 12.7. The summed E-state index contributed by atoms with van der Waals surface area (Å²) in [5.41, 5.74) is 5.09. The number of esters is 2. The smallest absolute Gasteiger partial charge is 0.468 e. The maximum Gasteiger partial charge on any atom is 0.514 e. The third kappa shape index (κ3) is 13.7. The Balaban J connectivity index is 3.19. The van der Waals surface area contributed by atoms with Crippen LogP contribution in [0, 0.1) is 5.41 Å². The second-order valence-electron chi connectivity index (χ2n) is 11.5. The van der Waals surface area contributed by atoms with Gasteiger partial charge in [0.1, 0.15) is 17.7 Å². The highest BCUT2D eigenvalue weighted by Gasteiger charge is 2.36. The van der Waals surface area contributed by atoms with Gasteiger partial charge in [-0.25, -0.2) is 9.59 Å². The summed E-state index contributed by atoms with van der Waals surface area (Å²) in [5, 5.41) is 0. The minimum Gasteiger partial charge on any atom is -0.468 e. The summed E-state index contributed by atoms with van der Waals surface area (Å²) < 4.78 is 31.5. The van der Waals surface area contributed by atoms with Crippen molar-refractivity contribution < 1.29 is 47.6 Å². The molecule has 0 fully saturated rings. The minimum atomic E-state index is -1.57. The number of methoxy groups -OCH3 is 1. The average molecular weight is 582 g/mol. The van der Waals surface area contributed by atoms with Crippen molar-refractivity contribution in [3.63, 3.8) is 0 Å². The lowest BCUT2D eigenvalue weighted by atomic mass is 9.88. The van der Waals surface area contributed by atoms with Crippen LogP contribution in [0.1, 0.15) is 92.6 Å². The lowest BCUT2D eigenvalue weighted by Crippen LogP contribution is -2.51. The maximum absolute atomic E-state index is 12.7. The molecule has 11 nitrogen and oxygen atoms in total. The molecule has 11 heteroatoms. The monoisotopic (exact) mass is 581 g/mol. The van der Waals surface area contributed by atoms with E-state index in [0.29, 0.717) is 18.4 Å². The first-order valence-electron chi connectivity index (χ1n) is 14.0. The molecular weight excluding hydrogens is 534 g/mol. The van der Waals surface area contributed by atoms with Crippen molar-refractivity contribution in [1.82, 2.24) is 0 Å². The first-order chi connectivity index (χ1) is 19.1. The van der Waals surface area contributed by atoms with Crippen LogP contribution in [0.15, 0.2) is 18.2 Å². The van der Waals surface area contributed by atoms with Gasteiger partial charge in [-0.05, 0) is 49.8 Å². The summed E-state index contributed by atoms with van der Waals surface area (Å²) in [6, 6.07) is 4.38. The van der Waals surface area contributed by atoms with Gasteiger partial charge in [0, 0.05) is 12.8 Å². The third-order valence-electron chi connectivity index (χ3n) is 5.98. The molecular formula is C30H47NO10. The van der Waals surface area contributed by atoms with Crippen molar-refractivity contribution in [3.05, 3.63) is 23.8 Å². The van der Waals surface area contributed by atoms with Crippen LogP contribution in [-0.2, 0) is 35.0 Å². The van der Waals surface area contributed by atoms with Crippen molar-refractivity contribution in [2.75, 3.05) is 13.7 Å². The van der Waals surface area contributed by atoms with E-state index in [1.807, 2.05) is 34.6 Å². The Kier molecular flexibility index (Phi) is 14.6. The zero-order valence-corrected chi connectivity index (χ0v) is 25.7. The SMILES string of the molecule is CCCC(C)OC(=O)Oc1ccc(C[C@](N)(CCOC(=O)CC(C)(C)C)C(=O)OC)cc1OC(=O)OC(C)CCC. The van der Waals surface area contributed by atoms with Gasteiger partial charge in [-0.3, -0.25) is 9.59 Å². The quantitative estimate of drug-likeness (QED) is 0.150. The van der Waals surface area contributed by atoms with Gasteiger partial charge in [0.15, 0.2) is 11.5 Å². The van der Waals surface area contributed by atoms with E-state index >= 15 is 0 Å². The minimum absolute atomic E-state index is 0.0256. The number of hydrogen-bond acceptors (Lipinski definition) is 11. The molecule has 0 aromatic heterocycles. The molecule has 0 aliphatic carbocycles. The van der Waals surface area contributed by atoms with E-state index in [1.54, 1.807) is 19.9 Å². The Morgan fingerprint density at radius 1 is 0.878 bits per heavy atom. The van der Waals surface area contributed by atoms with E-state index in [-0.39, 0.29) is 48.9 Å². The number of carbonyl (C=O) groups excluding carboxylic acids is 4. The Morgan fingerprint density at radius 3 is 1.90 bits per heavy atom. The predicted octanol–water partition coefficient (Wildman–Crippen LogP) is 5.88. The molecule has 0 bridgehead atoms. The summed E-state index contributed by atoms with van der Waals surface area (Å²) >= 11 is 0. The Bertz CT molecular complexity index is 1020. The summed E-state index contributed by atoms with van der Waals surface area (Å²) in [7, 11) is 1.21. The molecule has 0 amide bonds. The molecule has 41 heavy (non-hydrogen) atoms. The number of carbonyl (C=O) groups is 4. The molecule has 2 unspecified atom stereocenters. The first kappa shape index (κ1) is 35.7. The Labute approximate surface area is 243 Å². The Hall–Kier alpha value is -3.34. The summed E-state index contributed by atoms with van der Waals surface area (Å²) in [6.07, 6.45) is 0.309. The number of nitrogens with two attached hydrogens (primary N) is 1. The summed E-state index contributed by atoms with van der Waals surface area (Å²) in [5.74, 6) is -1.33. The molecule has 0 aliphatic heterocycles. The standard InChI is InChI=1S/C30H47NO10/c1-9-11-20(3)38-27(34)40-23-14-13-22(17-24(23)41-28(35)39-21(4)12-10-2)18-30(31,26(33)36-8)15-16-37-25(32)19-29(5,6)7/h13-14,17,20-21H,9-12,15-16,18-19,31H2,1-8H3/t20?,21?,30-/m1/s1. The van der Waals surface area contributed by atoms with E-state index in [0.717, 1.165) is 12.8 Å². The van der Waals surface area contributed by atoms with Gasteiger partial charge in [0.25, 0.3) is 0 Å². The van der Waals surface area contributed by atoms with Crippen LogP contribution in [0.3, 0.4) is 0 Å². The van der Waals surface area contributed by atoms with Crippen molar-refractivity contribution in [2.24, 2.45) is 11.1 Å². The number of ether oxygens (including phenoxy) is 6. The van der Waals surface area contributed by atoms with Gasteiger partial charge in [0.2, 0.25) is 0 Å². The van der Waals surface area contributed by atoms with Crippen LogP contribution in [0.25, 0.3) is 0 Å². The molecule has 0 aliphatic rings. The molecule has 0 heterocycles. The zero-order valence-electron chi connectivity index (χ0n) is 25.7. The average Bonchev–Trinajstić information content (AvgIpc) is 2.84. The summed E-state index contributed by atoms with van der Waals surface area (Å²) in [4.78, 5) is 49.7. The zero-order chi connectivity index (χ0) is 31.2. The molecule has 0 spiro atoms. The fraction of sp³-hybridized carbons (Fsp3) is 0.667. The number of rotatable bonds is 15. The van der Waals surface area contributed by atoms with Gasteiger partial charge >= 0.3 is 24.2 Å². The van der Waals surface area contributed by atoms with E-state index in [1.165, 1.54) is 19.2 Å². The molecule has 1 rings (SSSR count).